The second-order valence-electron chi connectivity index (χ2n) is 7.68. The molecule has 2 aromatic heterocycles. The van der Waals surface area contributed by atoms with Crippen LogP contribution in [0.4, 0.5) is 5.82 Å². The van der Waals surface area contributed by atoms with Gasteiger partial charge in [0, 0.05) is 23.2 Å². The molecule has 0 bridgehead atoms. The molecule has 0 radical (unpaired) electrons. The zero-order valence-electron chi connectivity index (χ0n) is 15.9. The van der Waals surface area contributed by atoms with Gasteiger partial charge in [0.2, 0.25) is 0 Å². The van der Waals surface area contributed by atoms with Crippen molar-refractivity contribution in [3.63, 3.8) is 0 Å². The summed E-state index contributed by atoms with van der Waals surface area (Å²) in [4.78, 5) is 0. The molecule has 2 aliphatic heterocycles. The summed E-state index contributed by atoms with van der Waals surface area (Å²) in [6.45, 7) is 2.14. The van der Waals surface area contributed by atoms with Crippen LogP contribution in [0.3, 0.4) is 0 Å². The minimum Gasteiger partial charge on any atom is -0.491 e. The zero-order valence-corrected chi connectivity index (χ0v) is 15.9. The Balaban J connectivity index is 1.35. The fourth-order valence-electron chi connectivity index (χ4n) is 3.94. The molecule has 1 aromatic carbocycles. The third kappa shape index (κ3) is 2.96. The molecule has 2 aliphatic rings. The molecular weight excluding hydrogens is 376 g/mol. The first kappa shape index (κ1) is 18.4. The Morgan fingerprint density at radius 3 is 3.14 bits per heavy atom. The number of fused-ring (bicyclic) bond motifs is 2. The molecule has 1 saturated heterocycles. The van der Waals surface area contributed by atoms with Gasteiger partial charge in [-0.15, -0.1) is 0 Å². The number of aliphatic hydroxyl groups is 2. The molecular formula is C19H24N6O4. The van der Waals surface area contributed by atoms with Crippen molar-refractivity contribution in [1.82, 2.24) is 20.1 Å². The largest absolute Gasteiger partial charge is 0.491 e. The van der Waals surface area contributed by atoms with E-state index >= 15 is 0 Å². The molecule has 5 atom stereocenters. The standard InChI is InChI=1S/C19H24N6O4/c1-19(27)14(8-28-11-3-2-10-7-23-24-13(10)6-11)29-18(15(19)26)25-5-4-12-16(20)21-9-22-17(12)25/h2-7,14-16,18,21-22,26-27H,8-9,20H2,1H3,(H,23,24)/t14-,15+,16?,18-,19-/m1/s1. The summed E-state index contributed by atoms with van der Waals surface area (Å²) < 4.78 is 13.7. The van der Waals surface area contributed by atoms with Crippen LogP contribution in [0, 0.1) is 0 Å². The van der Waals surface area contributed by atoms with E-state index < -0.39 is 24.0 Å². The van der Waals surface area contributed by atoms with Gasteiger partial charge >= 0.3 is 0 Å². The van der Waals surface area contributed by atoms with Crippen molar-refractivity contribution < 1.29 is 19.7 Å². The highest BCUT2D eigenvalue weighted by molar-refractivity contribution is 5.79. The molecule has 29 heavy (non-hydrogen) atoms. The Kier molecular flexibility index (Phi) is 4.26. The topological polar surface area (TPSA) is 143 Å². The second kappa shape index (κ2) is 6.71. The number of anilines is 1. The van der Waals surface area contributed by atoms with E-state index in [4.69, 9.17) is 15.2 Å². The van der Waals surface area contributed by atoms with Gasteiger partial charge in [-0.3, -0.25) is 10.4 Å². The summed E-state index contributed by atoms with van der Waals surface area (Å²) in [7, 11) is 0. The maximum Gasteiger partial charge on any atom is 0.164 e. The van der Waals surface area contributed by atoms with Gasteiger partial charge in [-0.1, -0.05) is 0 Å². The smallest absolute Gasteiger partial charge is 0.164 e. The van der Waals surface area contributed by atoms with Gasteiger partial charge in [0.25, 0.3) is 0 Å². The number of nitrogens with zero attached hydrogens (tertiary/aromatic N) is 2. The van der Waals surface area contributed by atoms with Crippen LogP contribution in [0.5, 0.6) is 5.75 Å². The number of H-pyrrole nitrogens is 1. The zero-order chi connectivity index (χ0) is 20.2. The molecule has 7 N–H and O–H groups in total. The van der Waals surface area contributed by atoms with Crippen LogP contribution < -0.4 is 21.1 Å². The van der Waals surface area contributed by atoms with Gasteiger partial charge in [0.05, 0.1) is 24.5 Å². The Bertz CT molecular complexity index is 1030. The predicted molar refractivity (Wildman–Crippen MR) is 105 cm³/mol. The summed E-state index contributed by atoms with van der Waals surface area (Å²) >= 11 is 0. The van der Waals surface area contributed by atoms with Crippen LogP contribution in [-0.2, 0) is 4.74 Å². The van der Waals surface area contributed by atoms with E-state index in [9.17, 15) is 10.2 Å². The molecule has 4 heterocycles. The lowest BCUT2D eigenvalue weighted by atomic mass is 9.95. The summed E-state index contributed by atoms with van der Waals surface area (Å²) in [6.07, 6.45) is 0.588. The maximum atomic E-state index is 10.9. The van der Waals surface area contributed by atoms with Crippen LogP contribution in [-0.4, -0.2) is 56.1 Å². The van der Waals surface area contributed by atoms with Gasteiger partial charge in [-0.05, 0) is 25.1 Å². The molecule has 1 fully saturated rings. The number of benzene rings is 1. The highest BCUT2D eigenvalue weighted by atomic mass is 16.6. The molecule has 10 heteroatoms. The van der Waals surface area contributed by atoms with Gasteiger partial charge in [0.1, 0.15) is 36.0 Å². The molecule has 154 valence electrons. The molecule has 0 aliphatic carbocycles. The molecule has 0 amide bonds. The highest BCUT2D eigenvalue weighted by Crippen LogP contribution is 2.40. The average Bonchev–Trinajstić information content (AvgIpc) is 3.39. The number of nitrogens with two attached hydrogens (primary N) is 1. The molecule has 1 unspecified atom stereocenters. The lowest BCUT2D eigenvalue weighted by Gasteiger charge is -2.28. The van der Waals surface area contributed by atoms with E-state index in [2.05, 4.69) is 20.8 Å². The molecule has 3 aromatic rings. The van der Waals surface area contributed by atoms with E-state index in [0.29, 0.717) is 12.4 Å². The number of hydrogen-bond donors (Lipinski definition) is 6. The van der Waals surface area contributed by atoms with Gasteiger partial charge in [-0.2, -0.15) is 5.10 Å². The Morgan fingerprint density at radius 2 is 2.28 bits per heavy atom. The first-order valence-corrected chi connectivity index (χ1v) is 9.50. The maximum absolute atomic E-state index is 10.9. The SMILES string of the molecule is C[C@@]1(O)[C@@H](COc2ccc3cn[nH]c3c2)O[C@@H](n2ccc3c2NCNC3N)[C@@H]1O. The number of rotatable bonds is 4. The lowest BCUT2D eigenvalue weighted by molar-refractivity contribution is -0.0765. The lowest BCUT2D eigenvalue weighted by Crippen LogP contribution is -2.47. The van der Waals surface area contributed by atoms with E-state index in [1.165, 1.54) is 0 Å². The number of aromatic amines is 1. The van der Waals surface area contributed by atoms with Crippen molar-refractivity contribution in [2.75, 3.05) is 18.6 Å². The van der Waals surface area contributed by atoms with Crippen molar-refractivity contribution >= 4 is 16.7 Å². The number of hydrogen-bond acceptors (Lipinski definition) is 8. The first-order chi connectivity index (χ1) is 13.9. The van der Waals surface area contributed by atoms with Gasteiger partial charge < -0.3 is 35.3 Å². The van der Waals surface area contributed by atoms with Crippen LogP contribution >= 0.6 is 0 Å². The number of aliphatic hydroxyl groups excluding tert-OH is 1. The minimum atomic E-state index is -1.49. The van der Waals surface area contributed by atoms with E-state index in [1.807, 2.05) is 24.3 Å². The summed E-state index contributed by atoms with van der Waals surface area (Å²) in [5.74, 6) is 1.39. The highest BCUT2D eigenvalue weighted by Gasteiger charge is 2.53. The summed E-state index contributed by atoms with van der Waals surface area (Å²) in [5, 5.41) is 35.9. The van der Waals surface area contributed by atoms with E-state index in [-0.39, 0.29) is 12.8 Å². The van der Waals surface area contributed by atoms with Crippen molar-refractivity contribution in [3.05, 3.63) is 42.2 Å². The summed E-state index contributed by atoms with van der Waals surface area (Å²) in [5.41, 5.74) is 6.31. The van der Waals surface area contributed by atoms with E-state index in [1.54, 1.807) is 23.9 Å². The Morgan fingerprint density at radius 1 is 1.41 bits per heavy atom. The Labute approximate surface area is 166 Å². The molecule has 10 nitrogen and oxygen atoms in total. The molecule has 0 saturated carbocycles. The fourth-order valence-corrected chi connectivity index (χ4v) is 3.94. The number of nitrogens with one attached hydrogen (secondary N) is 3. The fraction of sp³-hybridized carbons (Fsp3) is 0.421. The third-order valence-corrected chi connectivity index (χ3v) is 5.77. The number of aromatic nitrogens is 3. The van der Waals surface area contributed by atoms with Crippen LogP contribution in [0.25, 0.3) is 10.9 Å². The van der Waals surface area contributed by atoms with Crippen molar-refractivity contribution in [1.29, 1.82) is 0 Å². The van der Waals surface area contributed by atoms with Crippen molar-refractivity contribution in [2.45, 2.75) is 37.1 Å². The number of ether oxygens (including phenoxy) is 2. The predicted octanol–water partition coefficient (Wildman–Crippen LogP) is 0.383. The van der Waals surface area contributed by atoms with Crippen LogP contribution in [0.2, 0.25) is 0 Å². The van der Waals surface area contributed by atoms with Gasteiger partial charge in [0.15, 0.2) is 6.23 Å². The van der Waals surface area contributed by atoms with Crippen molar-refractivity contribution in [2.24, 2.45) is 5.73 Å². The molecule has 0 spiro atoms. The Hall–Kier alpha value is -2.63. The van der Waals surface area contributed by atoms with Crippen molar-refractivity contribution in [3.8, 4) is 5.75 Å². The van der Waals surface area contributed by atoms with Crippen LogP contribution in [0.1, 0.15) is 24.9 Å². The molecule has 5 rings (SSSR count). The second-order valence-corrected chi connectivity index (χ2v) is 7.68. The average molecular weight is 400 g/mol. The monoisotopic (exact) mass is 400 g/mol. The minimum absolute atomic E-state index is 0.0815. The van der Waals surface area contributed by atoms with E-state index in [0.717, 1.165) is 22.3 Å². The quantitative estimate of drug-likeness (QED) is 0.369. The summed E-state index contributed by atoms with van der Waals surface area (Å²) in [6, 6.07) is 7.43. The normalized spacial score (nSPS) is 31.6. The van der Waals surface area contributed by atoms with Gasteiger partial charge in [-0.25, -0.2) is 0 Å². The van der Waals surface area contributed by atoms with Crippen LogP contribution in [0.15, 0.2) is 36.7 Å². The third-order valence-electron chi connectivity index (χ3n) is 5.77. The first-order valence-electron chi connectivity index (χ1n) is 9.50.